The van der Waals surface area contributed by atoms with Crippen molar-refractivity contribution in [1.29, 1.82) is 0 Å². The van der Waals surface area contributed by atoms with Crippen molar-refractivity contribution in [3.63, 3.8) is 0 Å². The summed E-state index contributed by atoms with van der Waals surface area (Å²) in [5, 5.41) is 16.1. The second-order valence-electron chi connectivity index (χ2n) is 7.76. The molecular formula is C32H36O4. The maximum atomic E-state index is 9.90. The maximum absolute atomic E-state index is 9.90. The van der Waals surface area contributed by atoms with Gasteiger partial charge >= 0.3 is 11.9 Å². The molecule has 0 saturated carbocycles. The van der Waals surface area contributed by atoms with E-state index < -0.39 is 11.9 Å². The van der Waals surface area contributed by atoms with Crippen LogP contribution in [0.25, 0.3) is 18.2 Å². The number of hydrogen-bond donors (Lipinski definition) is 2. The fourth-order valence-electron chi connectivity index (χ4n) is 2.56. The van der Waals surface area contributed by atoms with Crippen LogP contribution in [0.3, 0.4) is 0 Å². The third kappa shape index (κ3) is 14.7. The van der Waals surface area contributed by atoms with E-state index in [9.17, 15) is 9.59 Å². The Kier molecular flexibility index (Phi) is 15.7. The normalized spacial score (nSPS) is 9.50. The van der Waals surface area contributed by atoms with Crippen LogP contribution in [0.4, 0.5) is 0 Å². The van der Waals surface area contributed by atoms with Crippen molar-refractivity contribution in [3.05, 3.63) is 138 Å². The molecule has 0 fully saturated rings. The molecule has 4 nitrogen and oxygen atoms in total. The molecule has 2 N–H and O–H groups in total. The number of carboxylic acids is 2. The molecule has 36 heavy (non-hydrogen) atoms. The number of rotatable bonds is 5. The zero-order valence-corrected chi connectivity index (χ0v) is 21.6. The highest BCUT2D eigenvalue weighted by Gasteiger charge is 2.00. The van der Waals surface area contributed by atoms with Crippen molar-refractivity contribution in [2.24, 2.45) is 0 Å². The number of aliphatic carboxylic acids is 2. The minimum Gasteiger partial charge on any atom is -0.478 e. The van der Waals surface area contributed by atoms with Gasteiger partial charge in [0.25, 0.3) is 0 Å². The Morgan fingerprint density at radius 1 is 0.694 bits per heavy atom. The molecule has 3 aromatic carbocycles. The van der Waals surface area contributed by atoms with E-state index >= 15 is 0 Å². The van der Waals surface area contributed by atoms with Crippen molar-refractivity contribution >= 4 is 30.2 Å². The second kappa shape index (κ2) is 18.0. The third-order valence-corrected chi connectivity index (χ3v) is 4.68. The van der Waals surface area contributed by atoms with Crippen LogP contribution in [0, 0.1) is 20.8 Å². The van der Waals surface area contributed by atoms with Gasteiger partial charge in [-0.3, -0.25) is 0 Å². The van der Waals surface area contributed by atoms with Gasteiger partial charge in [-0.05, 0) is 49.9 Å². The summed E-state index contributed by atoms with van der Waals surface area (Å²) in [7, 11) is 0. The Balaban J connectivity index is 0.000000454. The van der Waals surface area contributed by atoms with Crippen LogP contribution in [0.5, 0.6) is 0 Å². The van der Waals surface area contributed by atoms with Gasteiger partial charge in [0.1, 0.15) is 0 Å². The number of carbonyl (C=O) groups is 2. The first-order valence-corrected chi connectivity index (χ1v) is 11.2. The van der Waals surface area contributed by atoms with Crippen molar-refractivity contribution in [2.75, 3.05) is 0 Å². The monoisotopic (exact) mass is 484 g/mol. The predicted octanol–water partition coefficient (Wildman–Crippen LogP) is 8.02. The highest BCUT2D eigenvalue weighted by Crippen LogP contribution is 2.07. The molecule has 0 atom stereocenters. The smallest absolute Gasteiger partial charge is 0.331 e. The lowest BCUT2D eigenvalue weighted by atomic mass is 10.1. The summed E-state index contributed by atoms with van der Waals surface area (Å²) in [6.07, 6.45) is 6.21. The molecule has 0 unspecified atom stereocenters. The lowest BCUT2D eigenvalue weighted by molar-refractivity contribution is -0.135. The van der Waals surface area contributed by atoms with Crippen molar-refractivity contribution in [1.82, 2.24) is 0 Å². The average Bonchev–Trinajstić information content (AvgIpc) is 2.85. The van der Waals surface area contributed by atoms with Crippen molar-refractivity contribution in [2.45, 2.75) is 27.7 Å². The quantitative estimate of drug-likeness (QED) is 0.360. The molecule has 3 aromatic rings. The summed E-state index contributed by atoms with van der Waals surface area (Å²) in [6, 6.07) is 24.7. The topological polar surface area (TPSA) is 74.6 Å². The molecule has 3 rings (SSSR count). The Hall–Kier alpha value is -4.44. The molecule has 0 aliphatic heterocycles. The molecule has 0 amide bonds. The van der Waals surface area contributed by atoms with E-state index in [1.807, 2.05) is 42.5 Å². The van der Waals surface area contributed by atoms with Crippen molar-refractivity contribution < 1.29 is 19.8 Å². The van der Waals surface area contributed by atoms with E-state index in [1.165, 1.54) is 40.3 Å². The van der Waals surface area contributed by atoms with Crippen LogP contribution < -0.4 is 0 Å². The number of carboxylic acid groups (broad SMARTS) is 2. The fourth-order valence-corrected chi connectivity index (χ4v) is 2.56. The maximum Gasteiger partial charge on any atom is 0.331 e. The SMILES string of the molecule is C/C(=C/C(=O)O)C(=O)O.C=Cc1ccc(C)cc1.C=Cc1cccc(C)c1.C=Cc1ccccc1C. The standard InChI is InChI=1S/3C9H10.C5H6O4/c1-3-9-6-4-8(2)5-7-9;1-3-9-6-4-5-8(2)7-9;1-3-9-7-5-4-6-8(9)2;1-3(5(8)9)2-4(6)7/h3*3-7H,1H2,2H3;2H,1H3,(H,6,7)(H,8,9)/b;;;3-2-. The predicted molar refractivity (Wildman–Crippen MR) is 153 cm³/mol. The second-order valence-corrected chi connectivity index (χ2v) is 7.76. The molecule has 0 aliphatic rings. The van der Waals surface area contributed by atoms with Gasteiger partial charge in [0.05, 0.1) is 0 Å². The van der Waals surface area contributed by atoms with Crippen LogP contribution in [0.2, 0.25) is 0 Å². The Labute approximate surface area is 215 Å². The zero-order chi connectivity index (χ0) is 27.5. The summed E-state index contributed by atoms with van der Waals surface area (Å²) in [5.74, 6) is -2.45. The number of benzene rings is 3. The van der Waals surface area contributed by atoms with Gasteiger partial charge in [0.15, 0.2) is 0 Å². The highest BCUT2D eigenvalue weighted by atomic mass is 16.4. The van der Waals surface area contributed by atoms with Crippen LogP contribution in [0.15, 0.2) is 104 Å². The van der Waals surface area contributed by atoms with Gasteiger partial charge in [-0.2, -0.15) is 0 Å². The van der Waals surface area contributed by atoms with E-state index in [-0.39, 0.29) is 5.57 Å². The van der Waals surface area contributed by atoms with E-state index in [1.54, 1.807) is 0 Å². The van der Waals surface area contributed by atoms with Gasteiger partial charge in [-0.15, -0.1) is 0 Å². The van der Waals surface area contributed by atoms with Crippen LogP contribution in [0.1, 0.15) is 40.3 Å². The summed E-state index contributed by atoms with van der Waals surface area (Å²) >= 11 is 0. The Bertz CT molecular complexity index is 1170. The Morgan fingerprint density at radius 2 is 1.28 bits per heavy atom. The van der Waals surface area contributed by atoms with Crippen LogP contribution in [-0.2, 0) is 9.59 Å². The summed E-state index contributed by atoms with van der Waals surface area (Å²) in [5.41, 5.74) is 7.27. The van der Waals surface area contributed by atoms with Crippen LogP contribution in [-0.4, -0.2) is 22.2 Å². The molecule has 0 saturated heterocycles. The van der Waals surface area contributed by atoms with Gasteiger partial charge in [-0.25, -0.2) is 9.59 Å². The Morgan fingerprint density at radius 3 is 1.64 bits per heavy atom. The van der Waals surface area contributed by atoms with Crippen molar-refractivity contribution in [3.8, 4) is 0 Å². The summed E-state index contributed by atoms with van der Waals surface area (Å²) in [4.78, 5) is 19.7. The lowest BCUT2D eigenvalue weighted by Crippen LogP contribution is -1.99. The zero-order valence-electron chi connectivity index (χ0n) is 21.6. The van der Waals surface area contributed by atoms with Crippen LogP contribution >= 0.6 is 0 Å². The largest absolute Gasteiger partial charge is 0.478 e. The molecular weight excluding hydrogens is 448 g/mol. The minimum atomic E-state index is -1.24. The first-order valence-electron chi connectivity index (χ1n) is 11.2. The molecule has 0 radical (unpaired) electrons. The number of aryl methyl sites for hydroxylation is 3. The van der Waals surface area contributed by atoms with E-state index in [2.05, 4.69) is 89.0 Å². The van der Waals surface area contributed by atoms with Gasteiger partial charge in [0.2, 0.25) is 0 Å². The third-order valence-electron chi connectivity index (χ3n) is 4.68. The van der Waals surface area contributed by atoms with Gasteiger partial charge in [-0.1, -0.05) is 122 Å². The molecule has 0 aromatic heterocycles. The highest BCUT2D eigenvalue weighted by molar-refractivity contribution is 5.94. The first-order chi connectivity index (χ1) is 17.0. The molecule has 4 heteroatoms. The number of hydrogen-bond acceptors (Lipinski definition) is 2. The lowest BCUT2D eigenvalue weighted by Gasteiger charge is -1.95. The fraction of sp³-hybridized carbons (Fsp3) is 0.125. The first kappa shape index (κ1) is 31.6. The van der Waals surface area contributed by atoms with Gasteiger partial charge in [0, 0.05) is 11.6 Å². The van der Waals surface area contributed by atoms with E-state index in [0.717, 1.165) is 0 Å². The van der Waals surface area contributed by atoms with E-state index in [0.29, 0.717) is 6.08 Å². The summed E-state index contributed by atoms with van der Waals surface area (Å²) in [6.45, 7) is 18.5. The molecule has 0 bridgehead atoms. The van der Waals surface area contributed by atoms with Gasteiger partial charge < -0.3 is 10.2 Å². The minimum absolute atomic E-state index is 0.178. The average molecular weight is 485 g/mol. The molecule has 0 heterocycles. The molecule has 0 spiro atoms. The molecule has 188 valence electrons. The summed E-state index contributed by atoms with van der Waals surface area (Å²) < 4.78 is 0. The molecule has 0 aliphatic carbocycles. The van der Waals surface area contributed by atoms with E-state index in [4.69, 9.17) is 10.2 Å².